The Morgan fingerprint density at radius 2 is 2.08 bits per heavy atom. The van der Waals surface area contributed by atoms with Crippen LogP contribution in [0, 0.1) is 5.92 Å². The molecule has 2 atom stereocenters. The van der Waals surface area contributed by atoms with Crippen molar-refractivity contribution in [3.05, 3.63) is 0 Å². The lowest BCUT2D eigenvalue weighted by molar-refractivity contribution is -0.125. The number of hydrogen-bond acceptors (Lipinski definition) is 2. The lowest BCUT2D eigenvalue weighted by Gasteiger charge is -2.14. The van der Waals surface area contributed by atoms with Crippen molar-refractivity contribution < 1.29 is 9.59 Å². The minimum atomic E-state index is -0.0576. The first-order valence-corrected chi connectivity index (χ1v) is 4.34. The van der Waals surface area contributed by atoms with E-state index in [9.17, 15) is 9.59 Å². The van der Waals surface area contributed by atoms with Gasteiger partial charge < -0.3 is 10.6 Å². The first kappa shape index (κ1) is 7.58. The summed E-state index contributed by atoms with van der Waals surface area (Å²) < 4.78 is 0. The van der Waals surface area contributed by atoms with Gasteiger partial charge in [-0.15, -0.1) is 0 Å². The summed E-state index contributed by atoms with van der Waals surface area (Å²) >= 11 is 0. The van der Waals surface area contributed by atoms with Crippen LogP contribution in [0.5, 0.6) is 0 Å². The van der Waals surface area contributed by atoms with Gasteiger partial charge in [-0.25, -0.2) is 0 Å². The zero-order chi connectivity index (χ0) is 8.55. The van der Waals surface area contributed by atoms with Gasteiger partial charge in [0, 0.05) is 6.04 Å². The topological polar surface area (TPSA) is 58.2 Å². The highest BCUT2D eigenvalue weighted by atomic mass is 16.2. The lowest BCUT2D eigenvalue weighted by Crippen LogP contribution is -2.37. The first-order valence-electron chi connectivity index (χ1n) is 4.34. The second-order valence-corrected chi connectivity index (χ2v) is 3.43. The van der Waals surface area contributed by atoms with E-state index in [1.165, 1.54) is 0 Å². The lowest BCUT2D eigenvalue weighted by atomic mass is 10.0. The Balaban J connectivity index is 2.15. The molecule has 1 aliphatic heterocycles. The summed E-state index contributed by atoms with van der Waals surface area (Å²) in [4.78, 5) is 22.4. The molecule has 12 heavy (non-hydrogen) atoms. The molecule has 0 aromatic heterocycles. The van der Waals surface area contributed by atoms with Gasteiger partial charge in [-0.2, -0.15) is 0 Å². The van der Waals surface area contributed by atoms with Crippen LogP contribution in [0.3, 0.4) is 0 Å². The third-order valence-corrected chi connectivity index (χ3v) is 2.62. The average Bonchev–Trinajstić information content (AvgIpc) is 2.44. The number of carbonyl (C=O) groups excluding carboxylic acids is 2. The molecule has 2 fully saturated rings. The van der Waals surface area contributed by atoms with E-state index >= 15 is 0 Å². The second kappa shape index (κ2) is 2.77. The predicted octanol–water partition coefficient (Wildman–Crippen LogP) is -0.599. The van der Waals surface area contributed by atoms with E-state index in [1.54, 1.807) is 0 Å². The molecule has 66 valence electrons. The van der Waals surface area contributed by atoms with E-state index in [0.29, 0.717) is 0 Å². The van der Waals surface area contributed by atoms with Gasteiger partial charge in [-0.05, 0) is 12.8 Å². The molecule has 0 aromatic carbocycles. The molecule has 1 saturated carbocycles. The summed E-state index contributed by atoms with van der Waals surface area (Å²) in [7, 11) is 0. The molecule has 1 aliphatic carbocycles. The van der Waals surface area contributed by atoms with E-state index in [0.717, 1.165) is 19.3 Å². The number of amides is 2. The van der Waals surface area contributed by atoms with E-state index < -0.39 is 0 Å². The maximum absolute atomic E-state index is 11.3. The number of hydrogen-bond donors (Lipinski definition) is 2. The maximum Gasteiger partial charge on any atom is 0.239 e. The van der Waals surface area contributed by atoms with Crippen molar-refractivity contribution in [1.82, 2.24) is 10.6 Å². The Morgan fingerprint density at radius 1 is 1.25 bits per heavy atom. The van der Waals surface area contributed by atoms with Crippen molar-refractivity contribution in [2.24, 2.45) is 5.92 Å². The van der Waals surface area contributed by atoms with Gasteiger partial charge in [0.05, 0.1) is 12.5 Å². The summed E-state index contributed by atoms with van der Waals surface area (Å²) in [5.41, 5.74) is 0. The standard InChI is InChI=1S/C8H12N2O2/c11-7-4-9-8(12)5-2-1-3-6(5)10-7/h5-6H,1-4H2,(H,9,12)(H,10,11). The van der Waals surface area contributed by atoms with Gasteiger partial charge in [0.2, 0.25) is 11.8 Å². The Hall–Kier alpha value is -1.06. The number of nitrogens with one attached hydrogen (secondary N) is 2. The Morgan fingerprint density at radius 3 is 2.92 bits per heavy atom. The highest BCUT2D eigenvalue weighted by Crippen LogP contribution is 2.26. The van der Waals surface area contributed by atoms with Crippen molar-refractivity contribution >= 4 is 11.8 Å². The van der Waals surface area contributed by atoms with Crippen LogP contribution >= 0.6 is 0 Å². The summed E-state index contributed by atoms with van der Waals surface area (Å²) in [5.74, 6) is 0.00468. The van der Waals surface area contributed by atoms with Crippen LogP contribution in [0.4, 0.5) is 0 Å². The molecule has 0 radical (unpaired) electrons. The van der Waals surface area contributed by atoms with E-state index in [-0.39, 0.29) is 30.3 Å². The molecule has 2 amide bonds. The van der Waals surface area contributed by atoms with Gasteiger partial charge in [0.25, 0.3) is 0 Å². The summed E-state index contributed by atoms with van der Waals surface area (Å²) in [6.45, 7) is 0.145. The molecule has 1 saturated heterocycles. The molecule has 1 heterocycles. The number of rotatable bonds is 0. The van der Waals surface area contributed by atoms with Crippen LogP contribution in [-0.2, 0) is 9.59 Å². The third-order valence-electron chi connectivity index (χ3n) is 2.62. The molecule has 2 N–H and O–H groups in total. The average molecular weight is 168 g/mol. The molecular formula is C8H12N2O2. The second-order valence-electron chi connectivity index (χ2n) is 3.43. The quantitative estimate of drug-likeness (QED) is 0.507. The monoisotopic (exact) mass is 168 g/mol. The summed E-state index contributed by atoms with van der Waals surface area (Å²) in [6.07, 6.45) is 2.91. The molecule has 2 rings (SSSR count). The van der Waals surface area contributed by atoms with Crippen molar-refractivity contribution in [1.29, 1.82) is 0 Å². The minimum absolute atomic E-state index is 0.0245. The smallest absolute Gasteiger partial charge is 0.239 e. The van der Waals surface area contributed by atoms with Gasteiger partial charge in [0.1, 0.15) is 0 Å². The van der Waals surface area contributed by atoms with Crippen LogP contribution in [0.2, 0.25) is 0 Å². The van der Waals surface area contributed by atoms with Crippen LogP contribution in [-0.4, -0.2) is 24.4 Å². The zero-order valence-corrected chi connectivity index (χ0v) is 6.80. The Bertz CT molecular complexity index is 227. The van der Waals surface area contributed by atoms with Crippen molar-refractivity contribution in [3.8, 4) is 0 Å². The van der Waals surface area contributed by atoms with Gasteiger partial charge in [-0.1, -0.05) is 6.42 Å². The Labute approximate surface area is 70.7 Å². The predicted molar refractivity (Wildman–Crippen MR) is 42.3 cm³/mol. The van der Waals surface area contributed by atoms with Gasteiger partial charge in [0.15, 0.2) is 0 Å². The van der Waals surface area contributed by atoms with Crippen LogP contribution < -0.4 is 10.6 Å². The van der Waals surface area contributed by atoms with Crippen LogP contribution in [0.15, 0.2) is 0 Å². The molecule has 2 aliphatic rings. The molecular weight excluding hydrogens is 156 g/mol. The highest BCUT2D eigenvalue weighted by Gasteiger charge is 2.35. The summed E-state index contributed by atoms with van der Waals surface area (Å²) in [6, 6.07) is 0.0972. The minimum Gasteiger partial charge on any atom is -0.351 e. The van der Waals surface area contributed by atoms with Crippen molar-refractivity contribution in [2.75, 3.05) is 6.54 Å². The van der Waals surface area contributed by atoms with Gasteiger partial charge in [-0.3, -0.25) is 9.59 Å². The fourth-order valence-corrected chi connectivity index (χ4v) is 2.00. The van der Waals surface area contributed by atoms with E-state index in [2.05, 4.69) is 10.6 Å². The normalized spacial score (nSPS) is 35.0. The van der Waals surface area contributed by atoms with Crippen LogP contribution in [0.1, 0.15) is 19.3 Å². The molecule has 0 spiro atoms. The maximum atomic E-state index is 11.3. The van der Waals surface area contributed by atoms with Crippen molar-refractivity contribution in [3.63, 3.8) is 0 Å². The van der Waals surface area contributed by atoms with Gasteiger partial charge >= 0.3 is 0 Å². The largest absolute Gasteiger partial charge is 0.351 e. The molecule has 0 bridgehead atoms. The zero-order valence-electron chi connectivity index (χ0n) is 6.80. The molecule has 4 heteroatoms. The molecule has 4 nitrogen and oxygen atoms in total. The number of carbonyl (C=O) groups is 2. The van der Waals surface area contributed by atoms with Crippen LogP contribution in [0.25, 0.3) is 0 Å². The fraction of sp³-hybridized carbons (Fsp3) is 0.750. The third kappa shape index (κ3) is 1.17. The molecule has 2 unspecified atom stereocenters. The van der Waals surface area contributed by atoms with E-state index in [4.69, 9.17) is 0 Å². The highest BCUT2D eigenvalue weighted by molar-refractivity contribution is 5.89. The number of fused-ring (bicyclic) bond motifs is 1. The molecule has 0 aromatic rings. The van der Waals surface area contributed by atoms with Crippen molar-refractivity contribution in [2.45, 2.75) is 25.3 Å². The SMILES string of the molecule is O=C1CNC(=O)C2CCCC2N1. The first-order chi connectivity index (χ1) is 5.77. The van der Waals surface area contributed by atoms with E-state index in [1.807, 2.05) is 0 Å². The summed E-state index contributed by atoms with van der Waals surface area (Å²) in [5, 5.41) is 5.46. The Kier molecular flexibility index (Phi) is 1.75. The fourth-order valence-electron chi connectivity index (χ4n) is 2.00.